The highest BCUT2D eigenvalue weighted by atomic mass is 16.5. The average Bonchev–Trinajstić information content (AvgIpc) is 2.58. The van der Waals surface area contributed by atoms with Gasteiger partial charge in [-0.1, -0.05) is 25.1 Å². The van der Waals surface area contributed by atoms with E-state index in [9.17, 15) is 4.79 Å². The molecule has 1 aromatic heterocycles. The monoisotopic (exact) mass is 300 g/mol. The third-order valence-corrected chi connectivity index (χ3v) is 3.09. The average molecular weight is 300 g/mol. The van der Waals surface area contributed by atoms with E-state index in [1.165, 1.54) is 0 Å². The molecule has 116 valence electrons. The van der Waals surface area contributed by atoms with Gasteiger partial charge >= 0.3 is 0 Å². The molecule has 1 amide bonds. The van der Waals surface area contributed by atoms with Crippen molar-refractivity contribution in [2.45, 2.75) is 19.9 Å². The minimum atomic E-state index is -0.203. The van der Waals surface area contributed by atoms with Crippen LogP contribution in [0.4, 0.5) is 5.82 Å². The van der Waals surface area contributed by atoms with Crippen molar-refractivity contribution in [2.24, 2.45) is 0 Å². The van der Waals surface area contributed by atoms with Crippen LogP contribution in [0.3, 0.4) is 0 Å². The van der Waals surface area contributed by atoms with E-state index in [0.29, 0.717) is 24.6 Å². The summed E-state index contributed by atoms with van der Waals surface area (Å²) in [7, 11) is 1.64. The molecule has 1 heterocycles. The normalized spacial score (nSPS) is 10.1. The van der Waals surface area contributed by atoms with Crippen LogP contribution in [0.5, 0.6) is 5.75 Å². The summed E-state index contributed by atoms with van der Waals surface area (Å²) in [4.78, 5) is 11.7. The molecule has 22 heavy (non-hydrogen) atoms. The summed E-state index contributed by atoms with van der Waals surface area (Å²) >= 11 is 0. The lowest BCUT2D eigenvalue weighted by atomic mass is 10.2. The molecule has 2 rings (SSSR count). The van der Waals surface area contributed by atoms with E-state index in [2.05, 4.69) is 20.8 Å². The zero-order valence-corrected chi connectivity index (χ0v) is 12.8. The summed E-state index contributed by atoms with van der Waals surface area (Å²) in [6.45, 7) is 3.20. The second kappa shape index (κ2) is 7.97. The fourth-order valence-corrected chi connectivity index (χ4v) is 1.91. The third-order valence-electron chi connectivity index (χ3n) is 3.09. The number of rotatable bonds is 7. The molecule has 0 saturated carbocycles. The molecule has 0 spiro atoms. The Morgan fingerprint density at radius 2 is 2.00 bits per heavy atom. The molecule has 2 aromatic rings. The quantitative estimate of drug-likeness (QED) is 0.820. The molecule has 6 nitrogen and oxygen atoms in total. The van der Waals surface area contributed by atoms with Crippen LogP contribution < -0.4 is 15.4 Å². The molecule has 6 heteroatoms. The zero-order valence-electron chi connectivity index (χ0n) is 12.8. The predicted molar refractivity (Wildman–Crippen MR) is 85.0 cm³/mol. The van der Waals surface area contributed by atoms with Crippen LogP contribution in [0, 0.1) is 0 Å². The zero-order chi connectivity index (χ0) is 15.8. The fraction of sp³-hybridized carbons (Fsp3) is 0.312. The molecule has 0 aliphatic carbocycles. The van der Waals surface area contributed by atoms with E-state index in [1.54, 1.807) is 19.2 Å². The Bertz CT molecular complexity index is 614. The van der Waals surface area contributed by atoms with Gasteiger partial charge in [-0.05, 0) is 24.6 Å². The van der Waals surface area contributed by atoms with Gasteiger partial charge in [0.2, 0.25) is 0 Å². The number of carbonyl (C=O) groups is 1. The maximum Gasteiger partial charge on any atom is 0.271 e. The molecule has 0 bridgehead atoms. The van der Waals surface area contributed by atoms with Gasteiger partial charge in [0.05, 0.1) is 7.11 Å². The molecular weight excluding hydrogens is 280 g/mol. The van der Waals surface area contributed by atoms with Gasteiger partial charge in [0.15, 0.2) is 5.69 Å². The van der Waals surface area contributed by atoms with Crippen LogP contribution in [0.25, 0.3) is 0 Å². The highest BCUT2D eigenvalue weighted by molar-refractivity contribution is 5.92. The van der Waals surface area contributed by atoms with Crippen molar-refractivity contribution in [3.05, 3.63) is 47.7 Å². The molecule has 0 aliphatic rings. The highest BCUT2D eigenvalue weighted by Gasteiger charge is 2.07. The van der Waals surface area contributed by atoms with Gasteiger partial charge in [-0.3, -0.25) is 4.79 Å². The van der Waals surface area contributed by atoms with Gasteiger partial charge in [-0.2, -0.15) is 0 Å². The van der Waals surface area contributed by atoms with Crippen LogP contribution in [0.1, 0.15) is 29.4 Å². The van der Waals surface area contributed by atoms with Crippen LogP contribution in [0.15, 0.2) is 36.4 Å². The Kier molecular flexibility index (Phi) is 5.71. The molecule has 0 fully saturated rings. The van der Waals surface area contributed by atoms with Gasteiger partial charge in [0, 0.05) is 18.7 Å². The number of hydrogen-bond acceptors (Lipinski definition) is 5. The topological polar surface area (TPSA) is 76.1 Å². The first kappa shape index (κ1) is 15.8. The van der Waals surface area contributed by atoms with Crippen molar-refractivity contribution in [1.29, 1.82) is 0 Å². The van der Waals surface area contributed by atoms with Crippen molar-refractivity contribution in [1.82, 2.24) is 15.5 Å². The highest BCUT2D eigenvalue weighted by Crippen LogP contribution is 2.18. The van der Waals surface area contributed by atoms with Crippen LogP contribution in [-0.2, 0) is 6.54 Å². The number of anilines is 1. The lowest BCUT2D eigenvalue weighted by Crippen LogP contribution is -2.25. The second-order valence-corrected chi connectivity index (χ2v) is 4.73. The third kappa shape index (κ3) is 4.18. The number of benzene rings is 1. The van der Waals surface area contributed by atoms with Gasteiger partial charge in [-0.25, -0.2) is 0 Å². The van der Waals surface area contributed by atoms with Crippen molar-refractivity contribution in [3.63, 3.8) is 0 Å². The summed E-state index contributed by atoms with van der Waals surface area (Å²) in [5.74, 6) is 1.22. The molecular formula is C16H20N4O2. The Balaban J connectivity index is 1.95. The first-order chi connectivity index (χ1) is 10.7. The Labute approximate surface area is 129 Å². The number of methoxy groups -OCH3 is 1. The van der Waals surface area contributed by atoms with E-state index in [4.69, 9.17) is 4.74 Å². The number of hydrogen-bond donors (Lipinski definition) is 2. The SMILES string of the molecule is CCCNC(=O)c1ccc(NCc2ccccc2OC)nn1. The summed E-state index contributed by atoms with van der Waals surface area (Å²) in [6, 6.07) is 11.2. The summed E-state index contributed by atoms with van der Waals surface area (Å²) < 4.78 is 5.29. The second-order valence-electron chi connectivity index (χ2n) is 4.73. The van der Waals surface area contributed by atoms with Crippen molar-refractivity contribution < 1.29 is 9.53 Å². The van der Waals surface area contributed by atoms with Crippen LogP contribution >= 0.6 is 0 Å². The summed E-state index contributed by atoms with van der Waals surface area (Å²) in [5, 5.41) is 13.9. The van der Waals surface area contributed by atoms with Crippen LogP contribution in [-0.4, -0.2) is 29.8 Å². The van der Waals surface area contributed by atoms with Crippen molar-refractivity contribution in [3.8, 4) is 5.75 Å². The van der Waals surface area contributed by atoms with Gasteiger partial charge in [0.1, 0.15) is 11.6 Å². The first-order valence-corrected chi connectivity index (χ1v) is 7.22. The van der Waals surface area contributed by atoms with E-state index in [1.807, 2.05) is 31.2 Å². The lowest BCUT2D eigenvalue weighted by Gasteiger charge is -2.09. The van der Waals surface area contributed by atoms with Gasteiger partial charge in [-0.15, -0.1) is 10.2 Å². The molecule has 1 aromatic carbocycles. The smallest absolute Gasteiger partial charge is 0.271 e. The Morgan fingerprint density at radius 3 is 2.68 bits per heavy atom. The first-order valence-electron chi connectivity index (χ1n) is 7.22. The predicted octanol–water partition coefficient (Wildman–Crippen LogP) is 2.24. The maximum atomic E-state index is 11.7. The summed E-state index contributed by atoms with van der Waals surface area (Å²) in [6.07, 6.45) is 0.887. The number of para-hydroxylation sites is 1. The molecule has 0 radical (unpaired) electrons. The molecule has 0 aliphatic heterocycles. The fourth-order valence-electron chi connectivity index (χ4n) is 1.91. The van der Waals surface area contributed by atoms with E-state index >= 15 is 0 Å². The molecule has 0 atom stereocenters. The molecule has 2 N–H and O–H groups in total. The Morgan fingerprint density at radius 1 is 1.18 bits per heavy atom. The molecule has 0 saturated heterocycles. The van der Waals surface area contributed by atoms with Crippen LogP contribution in [0.2, 0.25) is 0 Å². The van der Waals surface area contributed by atoms with E-state index < -0.39 is 0 Å². The lowest BCUT2D eigenvalue weighted by molar-refractivity contribution is 0.0947. The standard InChI is InChI=1S/C16H20N4O2/c1-3-10-17-16(21)13-8-9-15(20-19-13)18-11-12-6-4-5-7-14(12)22-2/h4-9H,3,10-11H2,1-2H3,(H,17,21)(H,18,20). The van der Waals surface area contributed by atoms with E-state index in [0.717, 1.165) is 17.7 Å². The largest absolute Gasteiger partial charge is 0.496 e. The number of amides is 1. The van der Waals surface area contributed by atoms with Crippen molar-refractivity contribution >= 4 is 11.7 Å². The number of nitrogens with zero attached hydrogens (tertiary/aromatic N) is 2. The number of ether oxygens (including phenoxy) is 1. The number of carbonyl (C=O) groups excluding carboxylic acids is 1. The Hall–Kier alpha value is -2.63. The van der Waals surface area contributed by atoms with E-state index in [-0.39, 0.29) is 5.91 Å². The summed E-state index contributed by atoms with van der Waals surface area (Å²) in [5.41, 5.74) is 1.34. The maximum absolute atomic E-state index is 11.7. The van der Waals surface area contributed by atoms with Crippen molar-refractivity contribution in [2.75, 3.05) is 19.0 Å². The van der Waals surface area contributed by atoms with Gasteiger partial charge < -0.3 is 15.4 Å². The minimum Gasteiger partial charge on any atom is -0.496 e. The number of nitrogens with one attached hydrogen (secondary N) is 2. The minimum absolute atomic E-state index is 0.203. The number of aromatic nitrogens is 2. The molecule has 0 unspecified atom stereocenters. The van der Waals surface area contributed by atoms with Gasteiger partial charge in [0.25, 0.3) is 5.91 Å².